The molecule has 0 radical (unpaired) electrons. The molecule has 2 aliphatic rings. The molecule has 1 aromatic rings. The Morgan fingerprint density at radius 3 is 3.12 bits per heavy atom. The molecule has 0 bridgehead atoms. The highest BCUT2D eigenvalue weighted by molar-refractivity contribution is 7.13. The zero-order valence-electron chi connectivity index (χ0n) is 9.95. The van der Waals surface area contributed by atoms with E-state index in [1.165, 1.54) is 12.8 Å². The minimum Gasteiger partial charge on any atom is -0.316 e. The summed E-state index contributed by atoms with van der Waals surface area (Å²) < 4.78 is 0. The van der Waals surface area contributed by atoms with Gasteiger partial charge in [-0.25, -0.2) is 4.98 Å². The van der Waals surface area contributed by atoms with Crippen molar-refractivity contribution < 1.29 is 4.79 Å². The van der Waals surface area contributed by atoms with Crippen LogP contribution in [-0.2, 0) is 4.79 Å². The Balaban J connectivity index is 1.66. The van der Waals surface area contributed by atoms with Crippen molar-refractivity contribution in [2.75, 3.05) is 18.4 Å². The number of anilines is 1. The Labute approximate surface area is 105 Å². The highest BCUT2D eigenvalue weighted by Gasteiger charge is 2.36. The Morgan fingerprint density at radius 1 is 1.65 bits per heavy atom. The number of thiazole rings is 1. The topological polar surface area (TPSA) is 54.0 Å². The molecule has 2 N–H and O–H groups in total. The lowest BCUT2D eigenvalue weighted by Crippen LogP contribution is -2.35. The molecule has 17 heavy (non-hydrogen) atoms. The number of nitrogens with one attached hydrogen (secondary N) is 2. The number of carbonyl (C=O) groups is 1. The maximum atomic E-state index is 12.1. The summed E-state index contributed by atoms with van der Waals surface area (Å²) in [5.41, 5.74) is 0.880. The average Bonchev–Trinajstić information content (AvgIpc) is 2.89. The first-order valence-corrected chi connectivity index (χ1v) is 7.03. The van der Waals surface area contributed by atoms with Crippen LogP contribution in [0.2, 0.25) is 0 Å². The van der Waals surface area contributed by atoms with Crippen LogP contribution in [0.4, 0.5) is 5.13 Å². The van der Waals surface area contributed by atoms with Crippen LogP contribution >= 0.6 is 11.3 Å². The summed E-state index contributed by atoms with van der Waals surface area (Å²) in [6.07, 6.45) is 3.40. The molecule has 1 aromatic heterocycles. The Kier molecular flexibility index (Phi) is 2.67. The zero-order chi connectivity index (χ0) is 11.9. The molecular formula is C12H17N3OS. The summed E-state index contributed by atoms with van der Waals surface area (Å²) in [5.74, 6) is 0.750. The third-order valence-corrected chi connectivity index (χ3v) is 4.43. The predicted octanol–water partition coefficient (Wildman–Crippen LogP) is 1.96. The van der Waals surface area contributed by atoms with Crippen LogP contribution in [-0.4, -0.2) is 24.0 Å². The fourth-order valence-electron chi connectivity index (χ4n) is 2.17. The first-order chi connectivity index (χ1) is 8.17. The minimum absolute atomic E-state index is 0.0965. The number of nitrogens with zero attached hydrogens (tertiary/aromatic N) is 1. The van der Waals surface area contributed by atoms with E-state index in [4.69, 9.17) is 0 Å². The summed E-state index contributed by atoms with van der Waals surface area (Å²) in [6, 6.07) is 0. The van der Waals surface area contributed by atoms with Crippen LogP contribution in [0.15, 0.2) is 5.38 Å². The number of carbonyl (C=O) groups excluding carboxylic acids is 1. The normalized spacial score (nSPS) is 28.3. The second-order valence-electron chi connectivity index (χ2n) is 5.29. The van der Waals surface area contributed by atoms with Crippen LogP contribution in [0.3, 0.4) is 0 Å². The number of hydrogen-bond donors (Lipinski definition) is 2. The van der Waals surface area contributed by atoms with Gasteiger partial charge in [-0.15, -0.1) is 11.3 Å². The molecule has 0 aromatic carbocycles. The number of rotatable bonds is 3. The molecule has 2 heterocycles. The van der Waals surface area contributed by atoms with E-state index in [9.17, 15) is 4.79 Å². The van der Waals surface area contributed by atoms with E-state index >= 15 is 0 Å². The highest BCUT2D eigenvalue weighted by Crippen LogP contribution is 2.41. The summed E-state index contributed by atoms with van der Waals surface area (Å²) >= 11 is 1.54. The lowest BCUT2D eigenvalue weighted by atomic mass is 9.89. The molecule has 4 nitrogen and oxygen atoms in total. The van der Waals surface area contributed by atoms with E-state index in [-0.39, 0.29) is 11.3 Å². The van der Waals surface area contributed by atoms with Crippen LogP contribution < -0.4 is 10.6 Å². The predicted molar refractivity (Wildman–Crippen MR) is 68.3 cm³/mol. The van der Waals surface area contributed by atoms with E-state index in [2.05, 4.69) is 21.0 Å². The van der Waals surface area contributed by atoms with Crippen molar-refractivity contribution in [2.45, 2.75) is 32.1 Å². The van der Waals surface area contributed by atoms with Crippen LogP contribution in [0.1, 0.15) is 37.8 Å². The average molecular weight is 251 g/mol. The van der Waals surface area contributed by atoms with Gasteiger partial charge in [0.2, 0.25) is 5.91 Å². The SMILES string of the molecule is CC1(C(=O)Nc2nc(C3CC3)cs2)CCNC1. The van der Waals surface area contributed by atoms with Gasteiger partial charge < -0.3 is 10.6 Å². The molecule has 0 spiro atoms. The van der Waals surface area contributed by atoms with Gasteiger partial charge in [0.15, 0.2) is 5.13 Å². The first kappa shape index (κ1) is 11.2. The van der Waals surface area contributed by atoms with Crippen molar-refractivity contribution >= 4 is 22.4 Å². The largest absolute Gasteiger partial charge is 0.316 e. The monoisotopic (exact) mass is 251 g/mol. The molecular weight excluding hydrogens is 234 g/mol. The maximum Gasteiger partial charge on any atom is 0.233 e. The summed E-state index contributed by atoms with van der Waals surface area (Å²) in [7, 11) is 0. The van der Waals surface area contributed by atoms with Crippen LogP contribution in [0.5, 0.6) is 0 Å². The second-order valence-corrected chi connectivity index (χ2v) is 6.15. The summed E-state index contributed by atoms with van der Waals surface area (Å²) in [4.78, 5) is 16.6. The Bertz CT molecular complexity index is 433. The van der Waals surface area contributed by atoms with Crippen LogP contribution in [0, 0.1) is 5.41 Å². The molecule has 2 fully saturated rings. The van der Waals surface area contributed by atoms with Crippen molar-refractivity contribution in [1.82, 2.24) is 10.3 Å². The lowest BCUT2D eigenvalue weighted by molar-refractivity contribution is -0.123. The van der Waals surface area contributed by atoms with E-state index in [0.29, 0.717) is 5.92 Å². The quantitative estimate of drug-likeness (QED) is 0.863. The smallest absolute Gasteiger partial charge is 0.233 e. The Hall–Kier alpha value is -0.940. The van der Waals surface area contributed by atoms with E-state index < -0.39 is 0 Å². The highest BCUT2D eigenvalue weighted by atomic mass is 32.1. The molecule has 1 atom stereocenters. The van der Waals surface area contributed by atoms with Gasteiger partial charge in [0.25, 0.3) is 0 Å². The van der Waals surface area contributed by atoms with Gasteiger partial charge in [0.1, 0.15) is 0 Å². The Morgan fingerprint density at radius 2 is 2.47 bits per heavy atom. The second kappa shape index (κ2) is 4.07. The number of aromatic nitrogens is 1. The summed E-state index contributed by atoms with van der Waals surface area (Å²) in [5, 5.41) is 9.02. The van der Waals surface area contributed by atoms with Gasteiger partial charge in [-0.05, 0) is 32.7 Å². The molecule has 5 heteroatoms. The van der Waals surface area contributed by atoms with Crippen molar-refractivity contribution in [3.05, 3.63) is 11.1 Å². The molecule has 3 rings (SSSR count). The fraction of sp³-hybridized carbons (Fsp3) is 0.667. The van der Waals surface area contributed by atoms with Crippen molar-refractivity contribution in [1.29, 1.82) is 0 Å². The van der Waals surface area contributed by atoms with Crippen molar-refractivity contribution in [2.24, 2.45) is 5.41 Å². The van der Waals surface area contributed by atoms with Gasteiger partial charge in [0.05, 0.1) is 11.1 Å². The molecule has 92 valence electrons. The van der Waals surface area contributed by atoms with Crippen molar-refractivity contribution in [3.8, 4) is 0 Å². The van der Waals surface area contributed by atoms with Gasteiger partial charge in [-0.3, -0.25) is 4.79 Å². The van der Waals surface area contributed by atoms with E-state index in [1.54, 1.807) is 11.3 Å². The third kappa shape index (κ3) is 2.21. The summed E-state index contributed by atoms with van der Waals surface area (Å²) in [6.45, 7) is 3.70. The minimum atomic E-state index is -0.272. The first-order valence-electron chi connectivity index (χ1n) is 6.15. The molecule has 1 saturated carbocycles. The maximum absolute atomic E-state index is 12.1. The molecule has 1 saturated heterocycles. The molecule has 1 amide bonds. The molecule has 1 aliphatic heterocycles. The van der Waals surface area contributed by atoms with E-state index in [0.717, 1.165) is 30.3 Å². The number of hydrogen-bond acceptors (Lipinski definition) is 4. The van der Waals surface area contributed by atoms with Crippen molar-refractivity contribution in [3.63, 3.8) is 0 Å². The van der Waals surface area contributed by atoms with Gasteiger partial charge in [0, 0.05) is 17.8 Å². The molecule has 1 aliphatic carbocycles. The van der Waals surface area contributed by atoms with Crippen LogP contribution in [0.25, 0.3) is 0 Å². The fourth-order valence-corrected chi connectivity index (χ4v) is 2.96. The van der Waals surface area contributed by atoms with Gasteiger partial charge in [-0.1, -0.05) is 0 Å². The standard InChI is InChI=1S/C12H17N3OS/c1-12(4-5-13-7-12)10(16)15-11-14-9(6-17-11)8-2-3-8/h6,8,13H,2-5,7H2,1H3,(H,14,15,16). The molecule has 1 unspecified atom stereocenters. The lowest BCUT2D eigenvalue weighted by Gasteiger charge is -2.20. The number of amides is 1. The van der Waals surface area contributed by atoms with E-state index in [1.807, 2.05) is 6.92 Å². The zero-order valence-corrected chi connectivity index (χ0v) is 10.8. The van der Waals surface area contributed by atoms with Gasteiger partial charge >= 0.3 is 0 Å². The van der Waals surface area contributed by atoms with Gasteiger partial charge in [-0.2, -0.15) is 0 Å². The third-order valence-electron chi connectivity index (χ3n) is 3.65.